The van der Waals surface area contributed by atoms with Crippen molar-refractivity contribution in [2.75, 3.05) is 12.9 Å². The van der Waals surface area contributed by atoms with Crippen molar-refractivity contribution in [1.82, 2.24) is 0 Å². The van der Waals surface area contributed by atoms with Crippen LogP contribution >= 0.6 is 11.8 Å². The predicted molar refractivity (Wildman–Crippen MR) is 108 cm³/mol. The summed E-state index contributed by atoms with van der Waals surface area (Å²) >= 11 is 1.25. The van der Waals surface area contributed by atoms with Gasteiger partial charge in [0, 0.05) is 16.9 Å². The van der Waals surface area contributed by atoms with Gasteiger partial charge in [-0.15, -0.1) is 11.8 Å². The number of carbonyl (C=O) groups excluding carboxylic acids is 1. The molecule has 0 aliphatic heterocycles. The second-order valence-electron chi connectivity index (χ2n) is 6.11. The summed E-state index contributed by atoms with van der Waals surface area (Å²) in [5.41, 5.74) is 3.62. The first-order valence-electron chi connectivity index (χ1n) is 8.31. The molecule has 0 amide bonds. The number of hydrogen-bond acceptors (Lipinski definition) is 5. The van der Waals surface area contributed by atoms with Crippen LogP contribution in [-0.4, -0.2) is 34.8 Å². The predicted octanol–water partition coefficient (Wildman–Crippen LogP) is 4.23. The number of aryl methyl sites for hydroxylation is 2. The zero-order valence-electron chi connectivity index (χ0n) is 15.5. The highest BCUT2D eigenvalue weighted by molar-refractivity contribution is 7.99. The quantitative estimate of drug-likeness (QED) is 0.522. The Labute approximate surface area is 162 Å². The summed E-state index contributed by atoms with van der Waals surface area (Å²) in [6.45, 7) is 3.62. The molecule has 6 heteroatoms. The number of ketones is 1. The van der Waals surface area contributed by atoms with E-state index in [0.717, 1.165) is 22.3 Å². The van der Waals surface area contributed by atoms with Gasteiger partial charge < -0.3 is 14.9 Å². The Morgan fingerprint density at radius 3 is 2.41 bits per heavy atom. The number of carboxylic acid groups (broad SMARTS) is 1. The molecule has 0 saturated carbocycles. The Hall–Kier alpha value is -2.73. The number of aromatic hydroxyl groups is 1. The molecule has 0 aromatic heterocycles. The lowest BCUT2D eigenvalue weighted by Crippen LogP contribution is -2.01. The number of allylic oxidation sites excluding steroid dienone is 1. The molecular weight excluding hydrogens is 364 g/mol. The molecular formula is C21H22O5S. The lowest BCUT2D eigenvalue weighted by Gasteiger charge is -2.09. The third kappa shape index (κ3) is 5.62. The number of benzene rings is 2. The number of methoxy groups -OCH3 is 1. The Bertz CT molecular complexity index is 863. The van der Waals surface area contributed by atoms with E-state index in [1.54, 1.807) is 24.3 Å². The van der Waals surface area contributed by atoms with Crippen LogP contribution in [0.1, 0.15) is 32.6 Å². The van der Waals surface area contributed by atoms with Crippen LogP contribution < -0.4 is 4.74 Å². The van der Waals surface area contributed by atoms with Crippen LogP contribution in [0.3, 0.4) is 0 Å². The van der Waals surface area contributed by atoms with E-state index in [2.05, 4.69) is 0 Å². The van der Waals surface area contributed by atoms with Crippen LogP contribution in [0.2, 0.25) is 0 Å². The van der Waals surface area contributed by atoms with Gasteiger partial charge >= 0.3 is 5.97 Å². The van der Waals surface area contributed by atoms with Crippen LogP contribution in [0.4, 0.5) is 0 Å². The van der Waals surface area contributed by atoms with Crippen molar-refractivity contribution in [2.24, 2.45) is 0 Å². The van der Waals surface area contributed by atoms with Crippen LogP contribution in [0.15, 0.2) is 36.4 Å². The first-order valence-corrected chi connectivity index (χ1v) is 9.46. The first-order chi connectivity index (χ1) is 12.8. The topological polar surface area (TPSA) is 83.8 Å². The fourth-order valence-electron chi connectivity index (χ4n) is 2.65. The molecule has 2 rings (SSSR count). The van der Waals surface area contributed by atoms with Gasteiger partial charge in [0.15, 0.2) is 5.78 Å². The molecule has 2 aromatic carbocycles. The lowest BCUT2D eigenvalue weighted by atomic mass is 10.0. The summed E-state index contributed by atoms with van der Waals surface area (Å²) in [7, 11) is 1.54. The third-order valence-electron chi connectivity index (χ3n) is 3.99. The number of rotatable bonds is 8. The summed E-state index contributed by atoms with van der Waals surface area (Å²) in [5, 5.41) is 18.6. The van der Waals surface area contributed by atoms with Crippen molar-refractivity contribution < 1.29 is 24.5 Å². The van der Waals surface area contributed by atoms with Gasteiger partial charge in [-0.1, -0.05) is 6.08 Å². The van der Waals surface area contributed by atoms with Gasteiger partial charge in [-0.2, -0.15) is 0 Å². The molecule has 2 aromatic rings. The zero-order chi connectivity index (χ0) is 20.0. The molecule has 0 atom stereocenters. The van der Waals surface area contributed by atoms with Crippen molar-refractivity contribution >= 4 is 29.6 Å². The number of hydrogen-bond donors (Lipinski definition) is 2. The van der Waals surface area contributed by atoms with Crippen LogP contribution in [0.5, 0.6) is 11.5 Å². The number of thioether (sulfide) groups is 1. The van der Waals surface area contributed by atoms with Gasteiger partial charge in [0.2, 0.25) is 0 Å². The molecule has 0 radical (unpaired) electrons. The fourth-order valence-corrected chi connectivity index (χ4v) is 3.37. The average Bonchev–Trinajstić information content (AvgIpc) is 2.63. The smallest absolute Gasteiger partial charge is 0.313 e. The van der Waals surface area contributed by atoms with Crippen molar-refractivity contribution in [1.29, 1.82) is 0 Å². The second kappa shape index (κ2) is 9.28. The summed E-state index contributed by atoms with van der Waals surface area (Å²) in [5.74, 6) is 0.270. The van der Waals surface area contributed by atoms with E-state index in [1.807, 2.05) is 26.0 Å². The molecule has 0 heterocycles. The molecule has 0 aliphatic rings. The number of phenols is 1. The van der Waals surface area contributed by atoms with Gasteiger partial charge in [0.1, 0.15) is 11.5 Å². The van der Waals surface area contributed by atoms with Crippen molar-refractivity contribution in [3.63, 3.8) is 0 Å². The normalized spacial score (nSPS) is 10.9. The summed E-state index contributed by atoms with van der Waals surface area (Å²) < 4.78 is 5.29. The average molecular weight is 386 g/mol. The zero-order valence-corrected chi connectivity index (χ0v) is 16.3. The minimum atomic E-state index is -0.881. The van der Waals surface area contributed by atoms with E-state index in [1.165, 1.54) is 24.9 Å². The largest absolute Gasteiger partial charge is 0.507 e. The Morgan fingerprint density at radius 2 is 1.81 bits per heavy atom. The summed E-state index contributed by atoms with van der Waals surface area (Å²) in [6, 6.07) is 8.76. The van der Waals surface area contributed by atoms with E-state index in [-0.39, 0.29) is 17.3 Å². The van der Waals surface area contributed by atoms with Crippen molar-refractivity contribution in [2.45, 2.75) is 19.6 Å². The standard InChI is InChI=1S/C21H22O5S/c1-13-8-15(9-14(2)21(13)25)4-6-18(22)16-5-7-19(26-3)17(10-16)11-27-12-20(23)24/h4-10,25H,11-12H2,1-3H3,(H,23,24)/b6-4+. The molecule has 0 fully saturated rings. The molecule has 5 nitrogen and oxygen atoms in total. The Balaban J connectivity index is 2.19. The third-order valence-corrected chi connectivity index (χ3v) is 4.95. The van der Waals surface area contributed by atoms with E-state index in [0.29, 0.717) is 17.1 Å². The molecule has 0 saturated heterocycles. The number of ether oxygens (including phenoxy) is 1. The van der Waals surface area contributed by atoms with Gasteiger partial charge in [0.05, 0.1) is 12.9 Å². The SMILES string of the molecule is COc1ccc(C(=O)/C=C/c2cc(C)c(O)c(C)c2)cc1CSCC(=O)O. The number of phenolic OH excluding ortho intramolecular Hbond substituents is 1. The minimum Gasteiger partial charge on any atom is -0.507 e. The van der Waals surface area contributed by atoms with Gasteiger partial charge in [-0.25, -0.2) is 0 Å². The highest BCUT2D eigenvalue weighted by Gasteiger charge is 2.10. The molecule has 0 unspecified atom stereocenters. The van der Waals surface area contributed by atoms with E-state index in [9.17, 15) is 14.7 Å². The van der Waals surface area contributed by atoms with Crippen LogP contribution in [0, 0.1) is 13.8 Å². The number of aliphatic carboxylic acids is 1. The molecule has 0 aliphatic carbocycles. The minimum absolute atomic E-state index is 0.0131. The van der Waals surface area contributed by atoms with E-state index in [4.69, 9.17) is 9.84 Å². The van der Waals surface area contributed by atoms with Crippen LogP contribution in [0.25, 0.3) is 6.08 Å². The Kier molecular flexibility index (Phi) is 7.07. The number of carbonyl (C=O) groups is 2. The molecule has 2 N–H and O–H groups in total. The second-order valence-corrected chi connectivity index (χ2v) is 7.10. The highest BCUT2D eigenvalue weighted by Crippen LogP contribution is 2.26. The van der Waals surface area contributed by atoms with Gasteiger partial charge in [-0.05, 0) is 66.9 Å². The van der Waals surface area contributed by atoms with Gasteiger partial charge in [0.25, 0.3) is 0 Å². The fraction of sp³-hybridized carbons (Fsp3) is 0.238. The lowest BCUT2D eigenvalue weighted by molar-refractivity contribution is -0.133. The maximum atomic E-state index is 12.5. The molecule has 0 spiro atoms. The maximum absolute atomic E-state index is 12.5. The van der Waals surface area contributed by atoms with Gasteiger partial charge in [-0.3, -0.25) is 9.59 Å². The molecule has 27 heavy (non-hydrogen) atoms. The highest BCUT2D eigenvalue weighted by atomic mass is 32.2. The van der Waals surface area contributed by atoms with E-state index < -0.39 is 5.97 Å². The first kappa shape index (κ1) is 20.6. The monoisotopic (exact) mass is 386 g/mol. The summed E-state index contributed by atoms with van der Waals surface area (Å²) in [6.07, 6.45) is 3.20. The number of carboxylic acids is 1. The maximum Gasteiger partial charge on any atom is 0.313 e. The van der Waals surface area contributed by atoms with Crippen molar-refractivity contribution in [3.05, 3.63) is 64.2 Å². The molecule has 142 valence electrons. The van der Waals surface area contributed by atoms with Crippen LogP contribution in [-0.2, 0) is 10.5 Å². The molecule has 0 bridgehead atoms. The Morgan fingerprint density at radius 1 is 1.15 bits per heavy atom. The van der Waals surface area contributed by atoms with E-state index >= 15 is 0 Å². The summed E-state index contributed by atoms with van der Waals surface area (Å²) in [4.78, 5) is 23.2. The van der Waals surface area contributed by atoms with Crippen molar-refractivity contribution in [3.8, 4) is 11.5 Å².